The van der Waals surface area contributed by atoms with Gasteiger partial charge in [0.2, 0.25) is 0 Å². The molecule has 0 bridgehead atoms. The number of hydrogen-bond donors (Lipinski definition) is 0. The Hall–Kier alpha value is -4.26. The summed E-state index contributed by atoms with van der Waals surface area (Å²) in [6.07, 6.45) is -1.79. The molecule has 0 spiro atoms. The molecule has 0 aliphatic carbocycles. The van der Waals surface area contributed by atoms with Crippen molar-refractivity contribution >= 4 is 22.7 Å². The van der Waals surface area contributed by atoms with Gasteiger partial charge in [-0.05, 0) is 48.6 Å². The number of rotatable bonds is 7. The summed E-state index contributed by atoms with van der Waals surface area (Å²) in [7, 11) is 0. The summed E-state index contributed by atoms with van der Waals surface area (Å²) in [5.41, 5.74) is 1.72. The summed E-state index contributed by atoms with van der Waals surface area (Å²) < 4.78 is 41.0. The average Bonchev–Trinajstić information content (AvgIpc) is 2.78. The SMILES string of the molecule is C=C(C)C(=O)Oc1ccc(-c2cccc3c(OC(=O)C(=C)C)cccc23)cc1OC=C(F)F. The summed E-state index contributed by atoms with van der Waals surface area (Å²) in [4.78, 5) is 23.9. The van der Waals surface area contributed by atoms with Gasteiger partial charge in [-0.1, -0.05) is 49.6 Å². The van der Waals surface area contributed by atoms with Crippen LogP contribution in [0.15, 0.2) is 91.2 Å². The van der Waals surface area contributed by atoms with Gasteiger partial charge in [0.25, 0.3) is 0 Å². The van der Waals surface area contributed by atoms with Crippen LogP contribution in [0.2, 0.25) is 0 Å². The normalized spacial score (nSPS) is 10.3. The summed E-state index contributed by atoms with van der Waals surface area (Å²) in [6, 6.07) is 15.2. The van der Waals surface area contributed by atoms with Crippen LogP contribution in [-0.2, 0) is 9.59 Å². The summed E-state index contributed by atoms with van der Waals surface area (Å²) >= 11 is 0. The molecule has 0 saturated heterocycles. The van der Waals surface area contributed by atoms with Gasteiger partial charge in [0.1, 0.15) is 5.75 Å². The maximum absolute atomic E-state index is 12.6. The van der Waals surface area contributed by atoms with Gasteiger partial charge in [0, 0.05) is 16.5 Å². The van der Waals surface area contributed by atoms with E-state index in [1.54, 1.807) is 37.3 Å². The van der Waals surface area contributed by atoms with Crippen molar-refractivity contribution in [2.24, 2.45) is 0 Å². The van der Waals surface area contributed by atoms with E-state index in [-0.39, 0.29) is 28.9 Å². The molecule has 0 heterocycles. The second kappa shape index (κ2) is 9.91. The molecule has 33 heavy (non-hydrogen) atoms. The van der Waals surface area contributed by atoms with E-state index in [0.29, 0.717) is 22.3 Å². The summed E-state index contributed by atoms with van der Waals surface area (Å²) in [5, 5.41) is 1.41. The Kier molecular flexibility index (Phi) is 7.03. The quantitative estimate of drug-likeness (QED) is 0.176. The van der Waals surface area contributed by atoms with E-state index < -0.39 is 18.0 Å². The minimum absolute atomic E-state index is 0.0411. The molecule has 5 nitrogen and oxygen atoms in total. The van der Waals surface area contributed by atoms with E-state index in [1.807, 2.05) is 12.1 Å². The lowest BCUT2D eigenvalue weighted by Crippen LogP contribution is -2.09. The monoisotopic (exact) mass is 450 g/mol. The van der Waals surface area contributed by atoms with Gasteiger partial charge < -0.3 is 14.2 Å². The van der Waals surface area contributed by atoms with Crippen molar-refractivity contribution in [1.82, 2.24) is 0 Å². The Bertz CT molecular complexity index is 1300. The highest BCUT2D eigenvalue weighted by Gasteiger charge is 2.16. The first-order chi connectivity index (χ1) is 15.7. The summed E-state index contributed by atoms with van der Waals surface area (Å²) in [6.45, 7) is 10.1. The van der Waals surface area contributed by atoms with Crippen molar-refractivity contribution in [1.29, 1.82) is 0 Å². The molecule has 0 fully saturated rings. The van der Waals surface area contributed by atoms with Crippen LogP contribution < -0.4 is 14.2 Å². The topological polar surface area (TPSA) is 61.8 Å². The van der Waals surface area contributed by atoms with Crippen molar-refractivity contribution in [2.75, 3.05) is 0 Å². The highest BCUT2D eigenvalue weighted by molar-refractivity contribution is 6.01. The molecule has 0 amide bonds. The molecule has 0 saturated carbocycles. The lowest BCUT2D eigenvalue weighted by atomic mass is 9.97. The molecular weight excluding hydrogens is 430 g/mol. The Morgan fingerprint density at radius 3 is 2.03 bits per heavy atom. The van der Waals surface area contributed by atoms with Gasteiger partial charge in [-0.15, -0.1) is 0 Å². The van der Waals surface area contributed by atoms with Crippen LogP contribution in [0.5, 0.6) is 17.2 Å². The molecule has 0 radical (unpaired) electrons. The molecular formula is C26H20F2O5. The van der Waals surface area contributed by atoms with Gasteiger partial charge in [0.15, 0.2) is 17.8 Å². The predicted octanol–water partition coefficient (Wildman–Crippen LogP) is 6.59. The zero-order valence-corrected chi connectivity index (χ0v) is 18.0. The largest absolute Gasteiger partial charge is 0.455 e. The Morgan fingerprint density at radius 1 is 0.788 bits per heavy atom. The highest BCUT2D eigenvalue weighted by Crippen LogP contribution is 2.38. The number of esters is 2. The van der Waals surface area contributed by atoms with Crippen LogP contribution in [0, 0.1) is 0 Å². The van der Waals surface area contributed by atoms with Gasteiger partial charge in [-0.2, -0.15) is 8.78 Å². The first kappa shape index (κ1) is 23.4. The van der Waals surface area contributed by atoms with Gasteiger partial charge in [0.05, 0.1) is 0 Å². The molecule has 0 N–H and O–H groups in total. The fourth-order valence-corrected chi connectivity index (χ4v) is 2.96. The fraction of sp³-hybridized carbons (Fsp3) is 0.0769. The molecule has 3 aromatic rings. The molecule has 7 heteroatoms. The maximum atomic E-state index is 12.6. The highest BCUT2D eigenvalue weighted by atomic mass is 19.3. The van der Waals surface area contributed by atoms with Crippen LogP contribution in [-0.4, -0.2) is 11.9 Å². The van der Waals surface area contributed by atoms with Crippen molar-refractivity contribution in [2.45, 2.75) is 13.8 Å². The Labute approximate surface area is 189 Å². The third kappa shape index (κ3) is 5.51. The number of benzene rings is 3. The first-order valence-corrected chi connectivity index (χ1v) is 9.76. The lowest BCUT2D eigenvalue weighted by molar-refractivity contribution is -0.130. The number of halogens is 2. The van der Waals surface area contributed by atoms with E-state index in [2.05, 4.69) is 13.2 Å². The van der Waals surface area contributed by atoms with Gasteiger partial charge in [-0.25, -0.2) is 9.59 Å². The van der Waals surface area contributed by atoms with E-state index in [1.165, 1.54) is 19.1 Å². The van der Waals surface area contributed by atoms with Crippen molar-refractivity contribution in [3.8, 4) is 28.4 Å². The number of hydrogen-bond acceptors (Lipinski definition) is 5. The standard InChI is InChI=1S/C26H20F2O5/c1-15(2)25(29)32-21-10-6-8-19-18(7-5-9-20(19)21)17-11-12-22(33-26(30)16(3)4)23(13-17)31-14-24(27)28/h5-14H,1,3H2,2,4H3. The van der Waals surface area contributed by atoms with Crippen LogP contribution in [0.3, 0.4) is 0 Å². The second-order valence-electron chi connectivity index (χ2n) is 7.18. The number of fused-ring (bicyclic) bond motifs is 1. The number of carbonyl (C=O) groups is 2. The minimum Gasteiger partial charge on any atom is -0.455 e. The fourth-order valence-electron chi connectivity index (χ4n) is 2.96. The minimum atomic E-state index is -2.05. The molecule has 0 aliphatic rings. The molecule has 0 atom stereocenters. The lowest BCUT2D eigenvalue weighted by Gasteiger charge is -2.14. The van der Waals surface area contributed by atoms with Crippen LogP contribution in [0.4, 0.5) is 8.78 Å². The average molecular weight is 450 g/mol. The van der Waals surface area contributed by atoms with Crippen molar-refractivity contribution in [3.05, 3.63) is 91.2 Å². The predicted molar refractivity (Wildman–Crippen MR) is 121 cm³/mol. The van der Waals surface area contributed by atoms with Gasteiger partial charge in [-0.3, -0.25) is 0 Å². The molecule has 0 aliphatic heterocycles. The maximum Gasteiger partial charge on any atom is 0.338 e. The number of ether oxygens (including phenoxy) is 3. The Balaban J connectivity index is 2.10. The number of carbonyl (C=O) groups excluding carboxylic acids is 2. The van der Waals surface area contributed by atoms with E-state index in [9.17, 15) is 18.4 Å². The van der Waals surface area contributed by atoms with Crippen LogP contribution in [0.25, 0.3) is 21.9 Å². The molecule has 168 valence electrons. The zero-order valence-electron chi connectivity index (χ0n) is 18.0. The van der Waals surface area contributed by atoms with E-state index >= 15 is 0 Å². The molecule has 3 aromatic carbocycles. The third-order valence-electron chi connectivity index (χ3n) is 4.51. The Morgan fingerprint density at radius 2 is 1.39 bits per heavy atom. The summed E-state index contributed by atoms with van der Waals surface area (Å²) in [5.74, 6) is -1.04. The van der Waals surface area contributed by atoms with Crippen LogP contribution in [0.1, 0.15) is 13.8 Å². The third-order valence-corrected chi connectivity index (χ3v) is 4.51. The molecule has 0 aromatic heterocycles. The van der Waals surface area contributed by atoms with E-state index in [0.717, 1.165) is 5.39 Å². The van der Waals surface area contributed by atoms with E-state index in [4.69, 9.17) is 14.2 Å². The molecule has 3 rings (SSSR count). The second-order valence-corrected chi connectivity index (χ2v) is 7.18. The molecule has 0 unspecified atom stereocenters. The van der Waals surface area contributed by atoms with Gasteiger partial charge >= 0.3 is 18.0 Å². The van der Waals surface area contributed by atoms with Crippen molar-refractivity contribution < 1.29 is 32.6 Å². The smallest absolute Gasteiger partial charge is 0.338 e. The zero-order chi connectivity index (χ0) is 24.1. The van der Waals surface area contributed by atoms with Crippen LogP contribution >= 0.6 is 0 Å². The first-order valence-electron chi connectivity index (χ1n) is 9.76. The van der Waals surface area contributed by atoms with Crippen molar-refractivity contribution in [3.63, 3.8) is 0 Å².